The molecule has 0 amide bonds. The first kappa shape index (κ1) is 15.9. The van der Waals surface area contributed by atoms with Gasteiger partial charge < -0.3 is 20.8 Å². The molecule has 0 radical (unpaired) electrons. The second-order valence-corrected chi connectivity index (χ2v) is 4.54. The van der Waals surface area contributed by atoms with E-state index in [9.17, 15) is 9.59 Å². The summed E-state index contributed by atoms with van der Waals surface area (Å²) in [5.41, 5.74) is 1.01. The molecule has 0 aromatic heterocycles. The highest BCUT2D eigenvalue weighted by molar-refractivity contribution is 7.80. The molecule has 0 aliphatic heterocycles. The Morgan fingerprint density at radius 1 is 1.20 bits per heavy atom. The number of hydrogen-bond acceptors (Lipinski definition) is 3. The van der Waals surface area contributed by atoms with Crippen LogP contribution in [0.2, 0.25) is 0 Å². The van der Waals surface area contributed by atoms with Gasteiger partial charge in [0.1, 0.15) is 6.04 Å². The fourth-order valence-electron chi connectivity index (χ4n) is 1.51. The third-order valence-corrected chi connectivity index (χ3v) is 2.81. The summed E-state index contributed by atoms with van der Waals surface area (Å²) in [5, 5.41) is 23.2. The predicted octanol–water partition coefficient (Wildman–Crippen LogP) is 0.969. The van der Waals surface area contributed by atoms with Gasteiger partial charge in [-0.25, -0.2) is 4.79 Å². The van der Waals surface area contributed by atoms with Crippen LogP contribution in [0.5, 0.6) is 0 Å². The number of carboxylic acid groups (broad SMARTS) is 2. The Morgan fingerprint density at radius 3 is 2.40 bits per heavy atom. The molecule has 108 valence electrons. The molecule has 20 heavy (non-hydrogen) atoms. The van der Waals surface area contributed by atoms with Crippen LogP contribution in [0.15, 0.2) is 30.3 Å². The summed E-state index contributed by atoms with van der Waals surface area (Å²) >= 11 is 5.00. The SMILES string of the molecule is O=C(O)CC[C@H](NC(=S)NCc1ccccc1)C(=O)O. The molecular formula is C13H16N2O4S. The van der Waals surface area contributed by atoms with Crippen LogP contribution in [0.3, 0.4) is 0 Å². The van der Waals surface area contributed by atoms with Gasteiger partial charge in [0.05, 0.1) is 0 Å². The molecule has 1 aromatic carbocycles. The van der Waals surface area contributed by atoms with Crippen LogP contribution in [-0.2, 0) is 16.1 Å². The number of carboxylic acids is 2. The van der Waals surface area contributed by atoms with Gasteiger partial charge in [-0.3, -0.25) is 4.79 Å². The average molecular weight is 296 g/mol. The lowest BCUT2D eigenvalue weighted by Crippen LogP contribution is -2.45. The Bertz CT molecular complexity index is 479. The van der Waals surface area contributed by atoms with E-state index in [0.29, 0.717) is 6.54 Å². The molecule has 0 spiro atoms. The molecule has 6 nitrogen and oxygen atoms in total. The van der Waals surface area contributed by atoms with Crippen molar-refractivity contribution in [1.82, 2.24) is 10.6 Å². The molecule has 4 N–H and O–H groups in total. The second kappa shape index (κ2) is 8.11. The van der Waals surface area contributed by atoms with Crippen molar-refractivity contribution < 1.29 is 19.8 Å². The Morgan fingerprint density at radius 2 is 1.85 bits per heavy atom. The van der Waals surface area contributed by atoms with Crippen molar-refractivity contribution >= 4 is 29.3 Å². The molecule has 0 heterocycles. The number of nitrogens with one attached hydrogen (secondary N) is 2. The van der Waals surface area contributed by atoms with Crippen LogP contribution in [-0.4, -0.2) is 33.3 Å². The van der Waals surface area contributed by atoms with Crippen LogP contribution >= 0.6 is 12.2 Å². The maximum Gasteiger partial charge on any atom is 0.326 e. The highest BCUT2D eigenvalue weighted by atomic mass is 32.1. The third kappa shape index (κ3) is 6.14. The van der Waals surface area contributed by atoms with E-state index >= 15 is 0 Å². The molecular weight excluding hydrogens is 280 g/mol. The van der Waals surface area contributed by atoms with Gasteiger partial charge in [-0.05, 0) is 24.2 Å². The van der Waals surface area contributed by atoms with E-state index in [1.54, 1.807) is 0 Å². The Labute approximate surface area is 121 Å². The van der Waals surface area contributed by atoms with Gasteiger partial charge in [0, 0.05) is 13.0 Å². The zero-order valence-corrected chi connectivity index (χ0v) is 11.5. The monoisotopic (exact) mass is 296 g/mol. The van der Waals surface area contributed by atoms with Crippen LogP contribution in [0.25, 0.3) is 0 Å². The van der Waals surface area contributed by atoms with Gasteiger partial charge in [-0.15, -0.1) is 0 Å². The summed E-state index contributed by atoms with van der Waals surface area (Å²) in [6.07, 6.45) is -0.261. The van der Waals surface area contributed by atoms with Crippen LogP contribution < -0.4 is 10.6 Å². The summed E-state index contributed by atoms with van der Waals surface area (Å²) in [6, 6.07) is 8.48. The van der Waals surface area contributed by atoms with Crippen molar-refractivity contribution in [2.75, 3.05) is 0 Å². The van der Waals surface area contributed by atoms with E-state index in [2.05, 4.69) is 10.6 Å². The number of aliphatic carboxylic acids is 2. The van der Waals surface area contributed by atoms with Crippen LogP contribution in [0, 0.1) is 0 Å². The number of thiocarbonyl (C=S) groups is 1. The third-order valence-electron chi connectivity index (χ3n) is 2.55. The number of benzene rings is 1. The lowest BCUT2D eigenvalue weighted by atomic mass is 10.1. The average Bonchev–Trinajstić information content (AvgIpc) is 2.41. The topological polar surface area (TPSA) is 98.7 Å². The van der Waals surface area contributed by atoms with Gasteiger partial charge >= 0.3 is 11.9 Å². The van der Waals surface area contributed by atoms with Gasteiger partial charge in [0.2, 0.25) is 0 Å². The minimum Gasteiger partial charge on any atom is -0.481 e. The minimum absolute atomic E-state index is 0.0299. The van der Waals surface area contributed by atoms with Gasteiger partial charge in [-0.1, -0.05) is 30.3 Å². The largest absolute Gasteiger partial charge is 0.481 e. The Hall–Kier alpha value is -2.15. The van der Waals surface area contributed by atoms with Crippen molar-refractivity contribution in [2.45, 2.75) is 25.4 Å². The maximum atomic E-state index is 11.0. The van der Waals surface area contributed by atoms with Crippen LogP contribution in [0.4, 0.5) is 0 Å². The molecule has 0 bridgehead atoms. The summed E-state index contributed by atoms with van der Waals surface area (Å²) in [5.74, 6) is -2.17. The first-order valence-corrected chi connectivity index (χ1v) is 6.42. The first-order valence-electron chi connectivity index (χ1n) is 6.02. The maximum absolute atomic E-state index is 11.0. The minimum atomic E-state index is -1.13. The molecule has 0 saturated heterocycles. The number of rotatable bonds is 7. The first-order chi connectivity index (χ1) is 9.49. The molecule has 0 aliphatic carbocycles. The zero-order chi connectivity index (χ0) is 15.0. The molecule has 1 rings (SSSR count). The lowest BCUT2D eigenvalue weighted by molar-refractivity contribution is -0.140. The molecule has 1 atom stereocenters. The van der Waals surface area contributed by atoms with Gasteiger partial charge in [0.25, 0.3) is 0 Å². The summed E-state index contributed by atoms with van der Waals surface area (Å²) in [4.78, 5) is 21.4. The summed E-state index contributed by atoms with van der Waals surface area (Å²) in [7, 11) is 0. The van der Waals surface area contributed by atoms with E-state index in [4.69, 9.17) is 22.4 Å². The molecule has 0 fully saturated rings. The fraction of sp³-hybridized carbons (Fsp3) is 0.308. The van der Waals surface area contributed by atoms with Crippen LogP contribution in [0.1, 0.15) is 18.4 Å². The van der Waals surface area contributed by atoms with Crippen molar-refractivity contribution in [2.24, 2.45) is 0 Å². The number of carbonyl (C=O) groups is 2. The van der Waals surface area contributed by atoms with Gasteiger partial charge in [0.15, 0.2) is 5.11 Å². The standard InChI is InChI=1S/C13H16N2O4S/c16-11(17)7-6-10(12(18)19)15-13(20)14-8-9-4-2-1-3-5-9/h1-5,10H,6-8H2,(H,16,17)(H,18,19)(H2,14,15,20)/t10-/m0/s1. The second-order valence-electron chi connectivity index (χ2n) is 4.14. The highest BCUT2D eigenvalue weighted by Crippen LogP contribution is 2.00. The lowest BCUT2D eigenvalue weighted by Gasteiger charge is -2.16. The van der Waals surface area contributed by atoms with Crippen molar-refractivity contribution in [3.05, 3.63) is 35.9 Å². The molecule has 1 aromatic rings. The summed E-state index contributed by atoms with van der Waals surface area (Å²) in [6.45, 7) is 0.470. The fourth-order valence-corrected chi connectivity index (χ4v) is 1.73. The van der Waals surface area contributed by atoms with E-state index in [1.807, 2.05) is 30.3 Å². The van der Waals surface area contributed by atoms with E-state index < -0.39 is 18.0 Å². The highest BCUT2D eigenvalue weighted by Gasteiger charge is 2.19. The zero-order valence-electron chi connectivity index (χ0n) is 10.7. The van der Waals surface area contributed by atoms with Crippen molar-refractivity contribution in [3.8, 4) is 0 Å². The smallest absolute Gasteiger partial charge is 0.326 e. The summed E-state index contributed by atoms with van der Waals surface area (Å²) < 4.78 is 0. The molecule has 0 aliphatic rings. The number of hydrogen-bond donors (Lipinski definition) is 4. The van der Waals surface area contributed by atoms with E-state index in [0.717, 1.165) is 5.56 Å². The molecule has 0 unspecified atom stereocenters. The Balaban J connectivity index is 2.41. The van der Waals surface area contributed by atoms with Crippen molar-refractivity contribution in [1.29, 1.82) is 0 Å². The molecule has 7 heteroatoms. The predicted molar refractivity (Wildman–Crippen MR) is 77.3 cm³/mol. The molecule has 0 saturated carbocycles. The van der Waals surface area contributed by atoms with Gasteiger partial charge in [-0.2, -0.15) is 0 Å². The van der Waals surface area contributed by atoms with E-state index in [-0.39, 0.29) is 18.0 Å². The van der Waals surface area contributed by atoms with E-state index in [1.165, 1.54) is 0 Å². The quantitative estimate of drug-likeness (QED) is 0.556. The normalized spacial score (nSPS) is 11.4. The Kier molecular flexibility index (Phi) is 6.45. The van der Waals surface area contributed by atoms with Crippen molar-refractivity contribution in [3.63, 3.8) is 0 Å².